The van der Waals surface area contributed by atoms with Crippen LogP contribution in [0.5, 0.6) is 0 Å². The van der Waals surface area contributed by atoms with Crippen LogP contribution >= 0.6 is 0 Å². The second-order valence-corrected chi connectivity index (χ2v) is 5.09. The van der Waals surface area contributed by atoms with Crippen molar-refractivity contribution >= 4 is 11.9 Å². The van der Waals surface area contributed by atoms with Gasteiger partial charge in [0.25, 0.3) is 0 Å². The van der Waals surface area contributed by atoms with Gasteiger partial charge in [-0.2, -0.15) is 0 Å². The van der Waals surface area contributed by atoms with Crippen LogP contribution in [0.25, 0.3) is 0 Å². The molecule has 92 valence electrons. The molecule has 0 bridgehead atoms. The molecule has 0 spiro atoms. The van der Waals surface area contributed by atoms with Crippen LogP contribution in [-0.2, 0) is 9.53 Å². The lowest BCUT2D eigenvalue weighted by atomic mass is 9.94. The molecule has 1 saturated heterocycles. The molecule has 1 aliphatic rings. The van der Waals surface area contributed by atoms with Crippen LogP contribution in [0.4, 0.5) is 4.79 Å². The smallest absolute Gasteiger partial charge is 0.410 e. The number of carbonyl (C=O) groups excluding carboxylic acids is 2. The highest BCUT2D eigenvalue weighted by Gasteiger charge is 2.36. The van der Waals surface area contributed by atoms with Gasteiger partial charge in [-0.1, -0.05) is 0 Å². The fraction of sp³-hybridized carbons (Fsp3) is 0.818. The summed E-state index contributed by atoms with van der Waals surface area (Å²) in [6.45, 7) is 6.77. The van der Waals surface area contributed by atoms with Crippen molar-refractivity contribution in [2.45, 2.75) is 32.8 Å². The Kier molecular flexibility index (Phi) is 3.91. The summed E-state index contributed by atoms with van der Waals surface area (Å²) in [5, 5.41) is 0. The Balaban J connectivity index is 2.30. The van der Waals surface area contributed by atoms with Crippen molar-refractivity contribution in [1.82, 2.24) is 4.90 Å². The van der Waals surface area contributed by atoms with Gasteiger partial charge in [-0.05, 0) is 27.3 Å². The summed E-state index contributed by atoms with van der Waals surface area (Å²) in [5.41, 5.74) is 4.81. The number of Topliss-reactive ketones (excluding diaryl/α,β-unsaturated/α-hetero) is 1. The number of likely N-dealkylation sites (tertiary alicyclic amines) is 1. The van der Waals surface area contributed by atoms with Gasteiger partial charge >= 0.3 is 6.09 Å². The maximum Gasteiger partial charge on any atom is 0.410 e. The van der Waals surface area contributed by atoms with Crippen molar-refractivity contribution in [2.75, 3.05) is 19.6 Å². The summed E-state index contributed by atoms with van der Waals surface area (Å²) in [6, 6.07) is 0. The van der Waals surface area contributed by atoms with E-state index in [9.17, 15) is 9.59 Å². The SMILES string of the molecule is CC(C)(C)OC(=O)N1CC(C(=O)CCN)C1. The molecule has 1 aliphatic heterocycles. The molecule has 0 aliphatic carbocycles. The van der Waals surface area contributed by atoms with Crippen LogP contribution in [0, 0.1) is 5.92 Å². The molecule has 0 aromatic rings. The number of rotatable bonds is 3. The highest BCUT2D eigenvalue weighted by molar-refractivity contribution is 5.84. The molecule has 1 amide bonds. The lowest BCUT2D eigenvalue weighted by molar-refractivity contribution is -0.127. The Morgan fingerprint density at radius 2 is 1.94 bits per heavy atom. The summed E-state index contributed by atoms with van der Waals surface area (Å²) in [6.07, 6.45) is 0.0524. The van der Waals surface area contributed by atoms with Gasteiger partial charge in [0.1, 0.15) is 11.4 Å². The van der Waals surface area contributed by atoms with Gasteiger partial charge in [0.15, 0.2) is 0 Å². The molecule has 16 heavy (non-hydrogen) atoms. The minimum absolute atomic E-state index is 0.0453. The van der Waals surface area contributed by atoms with Crippen molar-refractivity contribution in [1.29, 1.82) is 0 Å². The lowest BCUT2D eigenvalue weighted by Crippen LogP contribution is -2.54. The summed E-state index contributed by atoms with van der Waals surface area (Å²) in [4.78, 5) is 24.5. The van der Waals surface area contributed by atoms with Gasteiger partial charge < -0.3 is 15.4 Å². The first-order chi connectivity index (χ1) is 7.33. The van der Waals surface area contributed by atoms with Gasteiger partial charge in [0.2, 0.25) is 0 Å². The highest BCUT2D eigenvalue weighted by atomic mass is 16.6. The Morgan fingerprint density at radius 1 is 1.38 bits per heavy atom. The van der Waals surface area contributed by atoms with E-state index >= 15 is 0 Å². The number of ether oxygens (including phenoxy) is 1. The molecule has 5 heteroatoms. The molecule has 0 aromatic carbocycles. The molecule has 2 N–H and O–H groups in total. The molecule has 0 radical (unpaired) electrons. The van der Waals surface area contributed by atoms with E-state index in [1.54, 1.807) is 4.90 Å². The molecule has 1 fully saturated rings. The van der Waals surface area contributed by atoms with Crippen LogP contribution < -0.4 is 5.73 Å². The van der Waals surface area contributed by atoms with Crippen LogP contribution in [0.3, 0.4) is 0 Å². The number of nitrogens with two attached hydrogens (primary N) is 1. The number of hydrogen-bond donors (Lipinski definition) is 1. The monoisotopic (exact) mass is 228 g/mol. The third-order valence-electron chi connectivity index (χ3n) is 2.38. The molecule has 5 nitrogen and oxygen atoms in total. The maximum atomic E-state index is 11.5. The van der Waals surface area contributed by atoms with Crippen molar-refractivity contribution < 1.29 is 14.3 Å². The molecule has 0 atom stereocenters. The standard InChI is InChI=1S/C11H20N2O3/c1-11(2,3)16-10(15)13-6-8(7-13)9(14)4-5-12/h8H,4-7,12H2,1-3H3. The van der Waals surface area contributed by atoms with E-state index in [4.69, 9.17) is 10.5 Å². The zero-order valence-corrected chi connectivity index (χ0v) is 10.2. The average Bonchev–Trinajstić information content (AvgIpc) is 1.97. The van der Waals surface area contributed by atoms with Crippen LogP contribution in [-0.4, -0.2) is 42.0 Å². The topological polar surface area (TPSA) is 72.6 Å². The zero-order chi connectivity index (χ0) is 12.3. The first kappa shape index (κ1) is 13.0. The van der Waals surface area contributed by atoms with Gasteiger partial charge in [0.05, 0.1) is 5.92 Å². The zero-order valence-electron chi connectivity index (χ0n) is 10.2. The third-order valence-corrected chi connectivity index (χ3v) is 2.38. The van der Waals surface area contributed by atoms with Crippen molar-refractivity contribution in [2.24, 2.45) is 11.7 Å². The molecule has 0 aromatic heterocycles. The normalized spacial score (nSPS) is 16.9. The predicted octanol–water partition coefficient (Wildman–Crippen LogP) is 0.771. The van der Waals surface area contributed by atoms with E-state index in [2.05, 4.69) is 0 Å². The third kappa shape index (κ3) is 3.48. The largest absolute Gasteiger partial charge is 0.444 e. The number of ketones is 1. The number of nitrogens with zero attached hydrogens (tertiary/aromatic N) is 1. The van der Waals surface area contributed by atoms with E-state index in [-0.39, 0.29) is 17.8 Å². The number of hydrogen-bond acceptors (Lipinski definition) is 4. The molecule has 1 heterocycles. The van der Waals surface area contributed by atoms with Crippen LogP contribution in [0.1, 0.15) is 27.2 Å². The minimum Gasteiger partial charge on any atom is -0.444 e. The fourth-order valence-corrected chi connectivity index (χ4v) is 1.50. The van der Waals surface area contributed by atoms with E-state index in [1.165, 1.54) is 0 Å². The Morgan fingerprint density at radius 3 is 2.38 bits per heavy atom. The highest BCUT2D eigenvalue weighted by Crippen LogP contribution is 2.20. The van der Waals surface area contributed by atoms with Gasteiger partial charge in [-0.25, -0.2) is 4.79 Å². The van der Waals surface area contributed by atoms with Gasteiger partial charge in [-0.3, -0.25) is 4.79 Å². The second kappa shape index (κ2) is 4.82. The number of carbonyl (C=O) groups is 2. The predicted molar refractivity (Wildman–Crippen MR) is 60.0 cm³/mol. The Bertz CT molecular complexity index is 277. The maximum absolute atomic E-state index is 11.5. The Labute approximate surface area is 95.9 Å². The Hall–Kier alpha value is -1.10. The lowest BCUT2D eigenvalue weighted by Gasteiger charge is -2.38. The van der Waals surface area contributed by atoms with Gasteiger partial charge in [0, 0.05) is 19.5 Å². The first-order valence-corrected chi connectivity index (χ1v) is 5.54. The molecule has 1 rings (SSSR count). The number of amides is 1. The van der Waals surface area contributed by atoms with E-state index in [1.807, 2.05) is 20.8 Å². The first-order valence-electron chi connectivity index (χ1n) is 5.54. The van der Waals surface area contributed by atoms with Gasteiger partial charge in [-0.15, -0.1) is 0 Å². The van der Waals surface area contributed by atoms with E-state index < -0.39 is 5.60 Å². The molecular weight excluding hydrogens is 208 g/mol. The average molecular weight is 228 g/mol. The molecule has 0 unspecified atom stereocenters. The summed E-state index contributed by atoms with van der Waals surface area (Å²) in [7, 11) is 0. The van der Waals surface area contributed by atoms with Crippen molar-refractivity contribution in [3.05, 3.63) is 0 Å². The molecular formula is C11H20N2O3. The summed E-state index contributed by atoms with van der Waals surface area (Å²) >= 11 is 0. The second-order valence-electron chi connectivity index (χ2n) is 5.09. The fourth-order valence-electron chi connectivity index (χ4n) is 1.50. The molecule has 0 saturated carbocycles. The van der Waals surface area contributed by atoms with E-state index in [0.29, 0.717) is 26.1 Å². The van der Waals surface area contributed by atoms with Crippen LogP contribution in [0.15, 0.2) is 0 Å². The summed E-state index contributed by atoms with van der Waals surface area (Å²) < 4.78 is 5.18. The van der Waals surface area contributed by atoms with Crippen molar-refractivity contribution in [3.63, 3.8) is 0 Å². The van der Waals surface area contributed by atoms with Crippen LogP contribution in [0.2, 0.25) is 0 Å². The van der Waals surface area contributed by atoms with Crippen molar-refractivity contribution in [3.8, 4) is 0 Å². The van der Waals surface area contributed by atoms with E-state index in [0.717, 1.165) is 0 Å². The quantitative estimate of drug-likeness (QED) is 0.774. The minimum atomic E-state index is -0.483. The summed E-state index contributed by atoms with van der Waals surface area (Å²) in [5.74, 6) is 0.0957.